The van der Waals surface area contributed by atoms with Gasteiger partial charge in [-0.25, -0.2) is 0 Å². The Labute approximate surface area is 43.8 Å². The molecule has 36 valence electrons. The molecule has 0 atom stereocenters. The first kappa shape index (κ1) is 5.97. The van der Waals surface area contributed by atoms with Crippen LogP contribution in [-0.4, -0.2) is 6.72 Å². The van der Waals surface area contributed by atoms with Crippen LogP contribution in [0.4, 0.5) is 0 Å². The van der Waals surface area contributed by atoms with Crippen molar-refractivity contribution in [3.63, 3.8) is 0 Å². The van der Waals surface area contributed by atoms with Gasteiger partial charge in [-0.1, -0.05) is 5.92 Å². The standard InChI is InChI=1S/C6H7N/c1-4-6(2)5-7-3/h1,5H,3H2,2H3. The molecule has 0 saturated heterocycles. The Hall–Kier alpha value is -1.03. The Kier molecular flexibility index (Phi) is 2.70. The van der Waals surface area contributed by atoms with Gasteiger partial charge in [0, 0.05) is 11.8 Å². The van der Waals surface area contributed by atoms with Crippen LogP contribution in [0.1, 0.15) is 6.92 Å². The van der Waals surface area contributed by atoms with E-state index in [1.165, 1.54) is 0 Å². The third kappa shape index (κ3) is 2.78. The number of aliphatic imine (C=N–C) groups is 1. The molecule has 0 aliphatic carbocycles. The fraction of sp³-hybridized carbons (Fsp3) is 0.167. The number of hydrogen-bond donors (Lipinski definition) is 0. The number of rotatable bonds is 1. The van der Waals surface area contributed by atoms with E-state index in [0.29, 0.717) is 0 Å². The van der Waals surface area contributed by atoms with Gasteiger partial charge in [0.05, 0.1) is 0 Å². The first-order valence-corrected chi connectivity index (χ1v) is 1.90. The van der Waals surface area contributed by atoms with Gasteiger partial charge in [-0.15, -0.1) is 6.42 Å². The molecule has 0 aromatic carbocycles. The molecule has 0 aromatic rings. The molecule has 1 heteroatoms. The second-order valence-corrected chi connectivity index (χ2v) is 1.14. The SMILES string of the molecule is C#CC(C)=CN=C. The van der Waals surface area contributed by atoms with Crippen molar-refractivity contribution in [1.82, 2.24) is 0 Å². The lowest BCUT2D eigenvalue weighted by Gasteiger charge is -1.76. The topological polar surface area (TPSA) is 12.4 Å². The summed E-state index contributed by atoms with van der Waals surface area (Å²) in [6.07, 6.45) is 6.49. The minimum atomic E-state index is 0.801. The van der Waals surface area contributed by atoms with E-state index < -0.39 is 0 Å². The highest BCUT2D eigenvalue weighted by Crippen LogP contribution is 1.85. The lowest BCUT2D eigenvalue weighted by molar-refractivity contribution is 1.48. The second-order valence-electron chi connectivity index (χ2n) is 1.14. The van der Waals surface area contributed by atoms with Gasteiger partial charge < -0.3 is 0 Å². The zero-order valence-corrected chi connectivity index (χ0v) is 4.31. The van der Waals surface area contributed by atoms with Crippen molar-refractivity contribution in [3.8, 4) is 12.3 Å². The maximum absolute atomic E-state index is 4.95. The van der Waals surface area contributed by atoms with Crippen LogP contribution in [0.3, 0.4) is 0 Å². The van der Waals surface area contributed by atoms with E-state index in [4.69, 9.17) is 6.42 Å². The fourth-order valence-electron chi connectivity index (χ4n) is 0.174. The molecule has 0 bridgehead atoms. The molecule has 0 N–H and O–H groups in total. The van der Waals surface area contributed by atoms with E-state index in [1.807, 2.05) is 0 Å². The molecule has 0 spiro atoms. The summed E-state index contributed by atoms with van der Waals surface area (Å²) in [4.78, 5) is 3.45. The van der Waals surface area contributed by atoms with E-state index in [9.17, 15) is 0 Å². The van der Waals surface area contributed by atoms with Crippen molar-refractivity contribution in [1.29, 1.82) is 0 Å². The fourth-order valence-corrected chi connectivity index (χ4v) is 0.174. The van der Waals surface area contributed by atoms with Gasteiger partial charge in [-0.2, -0.15) is 0 Å². The Morgan fingerprint density at radius 2 is 2.57 bits per heavy atom. The predicted molar refractivity (Wildman–Crippen MR) is 32.1 cm³/mol. The molecule has 0 unspecified atom stereocenters. The molecule has 0 aliphatic heterocycles. The van der Waals surface area contributed by atoms with E-state index in [-0.39, 0.29) is 0 Å². The van der Waals surface area contributed by atoms with Crippen LogP contribution < -0.4 is 0 Å². The molecule has 0 fully saturated rings. The van der Waals surface area contributed by atoms with Gasteiger partial charge in [0.15, 0.2) is 0 Å². The molecule has 0 heterocycles. The molecule has 0 aliphatic rings. The normalized spacial score (nSPS) is 10.0. The minimum Gasteiger partial charge on any atom is -0.272 e. The van der Waals surface area contributed by atoms with Crippen LogP contribution in [0.25, 0.3) is 0 Å². The van der Waals surface area contributed by atoms with Crippen LogP contribution in [0.15, 0.2) is 16.8 Å². The minimum absolute atomic E-state index is 0.801. The maximum atomic E-state index is 4.95. The Morgan fingerprint density at radius 3 is 2.71 bits per heavy atom. The molecular weight excluding hydrogens is 86.1 g/mol. The molecule has 0 rings (SSSR count). The van der Waals surface area contributed by atoms with E-state index in [1.54, 1.807) is 13.1 Å². The average Bonchev–Trinajstić information content (AvgIpc) is 1.68. The second kappa shape index (κ2) is 3.17. The van der Waals surface area contributed by atoms with Crippen LogP contribution in [0, 0.1) is 12.3 Å². The van der Waals surface area contributed by atoms with Gasteiger partial charge >= 0.3 is 0 Å². The van der Waals surface area contributed by atoms with Crippen molar-refractivity contribution >= 4 is 6.72 Å². The monoisotopic (exact) mass is 93.1 g/mol. The zero-order chi connectivity index (χ0) is 5.70. The number of nitrogens with zero attached hydrogens (tertiary/aromatic N) is 1. The zero-order valence-electron chi connectivity index (χ0n) is 4.31. The quantitative estimate of drug-likeness (QED) is 0.341. The molecular formula is C6H7N. The van der Waals surface area contributed by atoms with Crippen molar-refractivity contribution in [2.45, 2.75) is 6.92 Å². The first-order chi connectivity index (χ1) is 3.31. The van der Waals surface area contributed by atoms with Gasteiger partial charge in [-0.05, 0) is 13.6 Å². The lowest BCUT2D eigenvalue weighted by Crippen LogP contribution is -1.60. The smallest absolute Gasteiger partial charge is 0.0373 e. The van der Waals surface area contributed by atoms with E-state index in [2.05, 4.69) is 17.6 Å². The van der Waals surface area contributed by atoms with Gasteiger partial charge in [0.25, 0.3) is 0 Å². The molecule has 0 aromatic heterocycles. The maximum Gasteiger partial charge on any atom is 0.0373 e. The van der Waals surface area contributed by atoms with Gasteiger partial charge in [0.2, 0.25) is 0 Å². The summed E-state index contributed by atoms with van der Waals surface area (Å²) in [5, 5.41) is 0. The summed E-state index contributed by atoms with van der Waals surface area (Å²) in [6.45, 7) is 5.03. The number of allylic oxidation sites excluding steroid dienone is 1. The van der Waals surface area contributed by atoms with E-state index in [0.717, 1.165) is 5.57 Å². The van der Waals surface area contributed by atoms with Crippen molar-refractivity contribution < 1.29 is 0 Å². The molecule has 0 amide bonds. The lowest BCUT2D eigenvalue weighted by atomic mass is 10.4. The highest BCUT2D eigenvalue weighted by molar-refractivity contribution is 5.30. The Balaban J connectivity index is 3.80. The first-order valence-electron chi connectivity index (χ1n) is 1.90. The van der Waals surface area contributed by atoms with Crippen molar-refractivity contribution in [2.24, 2.45) is 4.99 Å². The van der Waals surface area contributed by atoms with E-state index >= 15 is 0 Å². The summed E-state index contributed by atoms with van der Waals surface area (Å²) in [5.74, 6) is 2.39. The van der Waals surface area contributed by atoms with Gasteiger partial charge in [0.1, 0.15) is 0 Å². The number of terminal acetylenes is 1. The van der Waals surface area contributed by atoms with Crippen LogP contribution in [0.2, 0.25) is 0 Å². The van der Waals surface area contributed by atoms with Crippen molar-refractivity contribution in [2.75, 3.05) is 0 Å². The highest BCUT2D eigenvalue weighted by atomic mass is 14.6. The van der Waals surface area contributed by atoms with Crippen LogP contribution in [0.5, 0.6) is 0 Å². The number of hydrogen-bond acceptors (Lipinski definition) is 1. The third-order valence-corrected chi connectivity index (χ3v) is 0.513. The summed E-state index contributed by atoms with van der Waals surface area (Å²) < 4.78 is 0. The largest absolute Gasteiger partial charge is 0.272 e. The summed E-state index contributed by atoms with van der Waals surface area (Å²) in [6, 6.07) is 0. The van der Waals surface area contributed by atoms with Gasteiger partial charge in [-0.3, -0.25) is 4.99 Å². The predicted octanol–water partition coefficient (Wildman–Crippen LogP) is 1.22. The third-order valence-electron chi connectivity index (χ3n) is 0.513. The summed E-state index contributed by atoms with van der Waals surface area (Å²) in [7, 11) is 0. The summed E-state index contributed by atoms with van der Waals surface area (Å²) >= 11 is 0. The Morgan fingerprint density at radius 1 is 2.00 bits per heavy atom. The molecule has 0 radical (unpaired) electrons. The van der Waals surface area contributed by atoms with Crippen LogP contribution >= 0.6 is 0 Å². The average molecular weight is 93.1 g/mol. The molecule has 0 saturated carbocycles. The van der Waals surface area contributed by atoms with Crippen molar-refractivity contribution in [3.05, 3.63) is 11.8 Å². The highest BCUT2D eigenvalue weighted by Gasteiger charge is 1.70. The molecule has 7 heavy (non-hydrogen) atoms. The molecule has 1 nitrogen and oxygen atoms in total. The van der Waals surface area contributed by atoms with Crippen LogP contribution in [-0.2, 0) is 0 Å². The Bertz CT molecular complexity index is 126. The summed E-state index contributed by atoms with van der Waals surface area (Å²) in [5.41, 5.74) is 0.801.